The van der Waals surface area contributed by atoms with Gasteiger partial charge in [0, 0.05) is 51.1 Å². The number of rotatable bonds is 3. The molecule has 3 rings (SSSR count). The molecule has 0 spiro atoms. The fourth-order valence-corrected chi connectivity index (χ4v) is 4.83. The van der Waals surface area contributed by atoms with Crippen molar-refractivity contribution < 1.29 is 9.59 Å². The van der Waals surface area contributed by atoms with Crippen molar-refractivity contribution in [2.75, 3.05) is 46.8 Å². The van der Waals surface area contributed by atoms with Crippen molar-refractivity contribution >= 4 is 23.2 Å². The summed E-state index contributed by atoms with van der Waals surface area (Å²) in [5.41, 5.74) is 1.21. The number of carbonyl (C=O) groups excluding carboxylic acids is 2. The van der Waals surface area contributed by atoms with E-state index in [2.05, 4.69) is 11.8 Å². The summed E-state index contributed by atoms with van der Waals surface area (Å²) in [5.74, 6) is 0.457. The van der Waals surface area contributed by atoms with Crippen LogP contribution in [0, 0.1) is 5.92 Å². The van der Waals surface area contributed by atoms with Gasteiger partial charge in [-0.25, -0.2) is 0 Å². The van der Waals surface area contributed by atoms with Crippen LogP contribution in [-0.4, -0.2) is 73.3 Å². The number of thiophene rings is 1. The van der Waals surface area contributed by atoms with Gasteiger partial charge in [0.15, 0.2) is 0 Å². The molecule has 24 heavy (non-hydrogen) atoms. The third kappa shape index (κ3) is 3.49. The summed E-state index contributed by atoms with van der Waals surface area (Å²) in [6.07, 6.45) is 2.63. The number of hydrogen-bond donors (Lipinski definition) is 0. The van der Waals surface area contributed by atoms with Gasteiger partial charge in [0.1, 0.15) is 0 Å². The highest BCUT2D eigenvalue weighted by Gasteiger charge is 2.31. The van der Waals surface area contributed by atoms with Crippen molar-refractivity contribution in [3.63, 3.8) is 0 Å². The highest BCUT2D eigenvalue weighted by Crippen LogP contribution is 2.33. The van der Waals surface area contributed by atoms with Crippen molar-refractivity contribution in [1.82, 2.24) is 14.7 Å². The molecule has 0 bridgehead atoms. The van der Waals surface area contributed by atoms with E-state index in [1.807, 2.05) is 11.0 Å². The Hall–Kier alpha value is -1.40. The molecule has 1 aliphatic heterocycles. The lowest BCUT2D eigenvalue weighted by Gasteiger charge is -2.36. The number of fused-ring (bicyclic) bond motifs is 1. The predicted molar refractivity (Wildman–Crippen MR) is 96.5 cm³/mol. The van der Waals surface area contributed by atoms with Crippen LogP contribution in [0.3, 0.4) is 0 Å². The SMILES string of the molecule is CCN1CCN(C(=O)[C@H]2CCc3sc(C(=O)N(C)C)cc3C2)CC1. The third-order valence-electron chi connectivity index (χ3n) is 5.18. The Balaban J connectivity index is 1.64. The Morgan fingerprint density at radius 1 is 1.25 bits per heavy atom. The summed E-state index contributed by atoms with van der Waals surface area (Å²) >= 11 is 1.60. The number of carbonyl (C=O) groups is 2. The Kier molecular flexibility index (Phi) is 5.25. The number of hydrogen-bond acceptors (Lipinski definition) is 4. The Morgan fingerprint density at radius 3 is 2.58 bits per heavy atom. The highest BCUT2D eigenvalue weighted by molar-refractivity contribution is 7.14. The minimum absolute atomic E-state index is 0.0629. The lowest BCUT2D eigenvalue weighted by Crippen LogP contribution is -2.50. The fraction of sp³-hybridized carbons (Fsp3) is 0.667. The minimum Gasteiger partial charge on any atom is -0.344 e. The summed E-state index contributed by atoms with van der Waals surface area (Å²) in [6.45, 7) is 6.91. The molecule has 1 aliphatic carbocycles. The Labute approximate surface area is 148 Å². The third-order valence-corrected chi connectivity index (χ3v) is 6.41. The van der Waals surface area contributed by atoms with E-state index in [1.165, 1.54) is 10.4 Å². The first kappa shape index (κ1) is 17.4. The van der Waals surface area contributed by atoms with E-state index < -0.39 is 0 Å². The zero-order valence-electron chi connectivity index (χ0n) is 14.9. The lowest BCUT2D eigenvalue weighted by molar-refractivity contribution is -0.137. The maximum atomic E-state index is 12.8. The lowest BCUT2D eigenvalue weighted by atomic mass is 9.87. The quantitative estimate of drug-likeness (QED) is 0.835. The molecule has 0 saturated carbocycles. The molecule has 0 unspecified atom stereocenters. The summed E-state index contributed by atoms with van der Waals surface area (Å²) < 4.78 is 0. The van der Waals surface area contributed by atoms with Gasteiger partial charge in [0.05, 0.1) is 4.88 Å². The van der Waals surface area contributed by atoms with Crippen LogP contribution in [0.2, 0.25) is 0 Å². The molecular formula is C18H27N3O2S. The van der Waals surface area contributed by atoms with Crippen molar-refractivity contribution in [3.05, 3.63) is 21.4 Å². The highest BCUT2D eigenvalue weighted by atomic mass is 32.1. The number of nitrogens with zero attached hydrogens (tertiary/aromatic N) is 3. The second-order valence-electron chi connectivity index (χ2n) is 6.96. The standard InChI is InChI=1S/C18H27N3O2S/c1-4-20-7-9-21(10-8-20)17(22)13-5-6-15-14(11-13)12-16(24-15)18(23)19(2)3/h12-13H,4-11H2,1-3H3/t13-/m0/s1. The molecule has 1 atom stereocenters. The summed E-state index contributed by atoms with van der Waals surface area (Å²) in [5, 5.41) is 0. The largest absolute Gasteiger partial charge is 0.344 e. The van der Waals surface area contributed by atoms with Gasteiger partial charge in [-0.1, -0.05) is 6.92 Å². The van der Waals surface area contributed by atoms with Crippen molar-refractivity contribution in [1.29, 1.82) is 0 Å². The van der Waals surface area contributed by atoms with Crippen LogP contribution >= 0.6 is 11.3 Å². The first-order chi connectivity index (χ1) is 11.5. The van der Waals surface area contributed by atoms with Gasteiger partial charge in [-0.3, -0.25) is 9.59 Å². The number of amides is 2. The molecule has 2 amide bonds. The van der Waals surface area contributed by atoms with E-state index in [-0.39, 0.29) is 11.8 Å². The van der Waals surface area contributed by atoms with E-state index >= 15 is 0 Å². The molecule has 1 saturated heterocycles. The van der Waals surface area contributed by atoms with Gasteiger partial charge in [-0.15, -0.1) is 11.3 Å². The Bertz CT molecular complexity index is 618. The van der Waals surface area contributed by atoms with E-state index in [0.29, 0.717) is 5.91 Å². The molecule has 0 N–H and O–H groups in total. The van der Waals surface area contributed by atoms with Gasteiger partial charge in [-0.05, 0) is 37.4 Å². The van der Waals surface area contributed by atoms with Crippen LogP contribution in [-0.2, 0) is 17.6 Å². The molecule has 1 fully saturated rings. The van der Waals surface area contributed by atoms with Crippen molar-refractivity contribution in [2.24, 2.45) is 5.92 Å². The van der Waals surface area contributed by atoms with Gasteiger partial charge < -0.3 is 14.7 Å². The van der Waals surface area contributed by atoms with E-state index in [4.69, 9.17) is 0 Å². The van der Waals surface area contributed by atoms with Gasteiger partial charge in [0.2, 0.25) is 5.91 Å². The molecule has 1 aromatic rings. The smallest absolute Gasteiger partial charge is 0.263 e. The van der Waals surface area contributed by atoms with Gasteiger partial charge in [-0.2, -0.15) is 0 Å². The van der Waals surface area contributed by atoms with Crippen LogP contribution < -0.4 is 0 Å². The summed E-state index contributed by atoms with van der Waals surface area (Å²) in [7, 11) is 3.56. The molecule has 6 heteroatoms. The zero-order valence-corrected chi connectivity index (χ0v) is 15.7. The fourth-order valence-electron chi connectivity index (χ4n) is 3.60. The van der Waals surface area contributed by atoms with Crippen LogP contribution in [0.1, 0.15) is 33.5 Å². The van der Waals surface area contributed by atoms with E-state index in [9.17, 15) is 9.59 Å². The summed E-state index contributed by atoms with van der Waals surface area (Å²) in [4.78, 5) is 33.1. The molecule has 0 aromatic carbocycles. The second-order valence-corrected chi connectivity index (χ2v) is 8.09. The zero-order chi connectivity index (χ0) is 17.3. The van der Waals surface area contributed by atoms with Crippen LogP contribution in [0.25, 0.3) is 0 Å². The Morgan fingerprint density at radius 2 is 1.96 bits per heavy atom. The molecular weight excluding hydrogens is 322 g/mol. The number of likely N-dealkylation sites (N-methyl/N-ethyl adjacent to an activating group) is 1. The van der Waals surface area contributed by atoms with Gasteiger partial charge >= 0.3 is 0 Å². The number of piperazine rings is 1. The predicted octanol–water partition coefficient (Wildman–Crippen LogP) is 1.72. The van der Waals surface area contributed by atoms with Gasteiger partial charge in [0.25, 0.3) is 5.91 Å². The molecule has 2 heterocycles. The second kappa shape index (κ2) is 7.23. The maximum absolute atomic E-state index is 12.8. The van der Waals surface area contributed by atoms with E-state index in [0.717, 1.165) is 56.9 Å². The molecule has 5 nitrogen and oxygen atoms in total. The minimum atomic E-state index is 0.0629. The first-order valence-corrected chi connectivity index (χ1v) is 9.65. The maximum Gasteiger partial charge on any atom is 0.263 e. The molecule has 1 aromatic heterocycles. The average Bonchev–Trinajstić information content (AvgIpc) is 3.03. The molecule has 132 valence electrons. The van der Waals surface area contributed by atoms with Crippen LogP contribution in [0.4, 0.5) is 0 Å². The number of aryl methyl sites for hydroxylation is 1. The molecule has 0 radical (unpaired) electrons. The monoisotopic (exact) mass is 349 g/mol. The first-order valence-electron chi connectivity index (χ1n) is 8.84. The van der Waals surface area contributed by atoms with Crippen molar-refractivity contribution in [3.8, 4) is 0 Å². The molecule has 2 aliphatic rings. The topological polar surface area (TPSA) is 43.9 Å². The van der Waals surface area contributed by atoms with Crippen LogP contribution in [0.5, 0.6) is 0 Å². The van der Waals surface area contributed by atoms with Crippen molar-refractivity contribution in [2.45, 2.75) is 26.2 Å². The summed E-state index contributed by atoms with van der Waals surface area (Å²) in [6, 6.07) is 2.01. The van der Waals surface area contributed by atoms with E-state index in [1.54, 1.807) is 30.3 Å². The van der Waals surface area contributed by atoms with Crippen LogP contribution in [0.15, 0.2) is 6.07 Å². The average molecular weight is 350 g/mol. The normalized spacial score (nSPS) is 21.5.